The van der Waals surface area contributed by atoms with Gasteiger partial charge in [0.15, 0.2) is 0 Å². The van der Waals surface area contributed by atoms with Crippen molar-refractivity contribution >= 4 is 0 Å². The SMILES string of the molecule is CCCC1C(C#N)=CC=C(C(F)(F)F)N1O. The Kier molecular flexibility index (Phi) is 3.60. The first kappa shape index (κ1) is 12.6. The van der Waals surface area contributed by atoms with E-state index in [1.165, 1.54) is 0 Å². The monoisotopic (exact) mass is 232 g/mol. The molecule has 1 N–H and O–H groups in total. The molecule has 0 aromatic carbocycles. The highest BCUT2D eigenvalue weighted by atomic mass is 19.4. The lowest BCUT2D eigenvalue weighted by molar-refractivity contribution is -0.177. The Balaban J connectivity index is 3.06. The van der Waals surface area contributed by atoms with Gasteiger partial charge in [-0.2, -0.15) is 18.4 Å². The molecule has 1 heterocycles. The van der Waals surface area contributed by atoms with Crippen LogP contribution in [-0.4, -0.2) is 22.5 Å². The molecule has 0 aromatic rings. The number of allylic oxidation sites excluding steroid dienone is 3. The summed E-state index contributed by atoms with van der Waals surface area (Å²) in [6.45, 7) is 1.77. The van der Waals surface area contributed by atoms with E-state index in [9.17, 15) is 18.4 Å². The number of halogens is 3. The third kappa shape index (κ3) is 2.36. The number of rotatable bonds is 2. The molecule has 0 saturated carbocycles. The molecule has 1 aliphatic heterocycles. The predicted octanol–water partition coefficient (Wildman–Crippen LogP) is 2.76. The van der Waals surface area contributed by atoms with E-state index in [0.29, 0.717) is 18.9 Å². The second-order valence-corrected chi connectivity index (χ2v) is 3.43. The molecule has 0 aliphatic carbocycles. The molecule has 3 nitrogen and oxygen atoms in total. The van der Waals surface area contributed by atoms with Crippen LogP contribution in [0.25, 0.3) is 0 Å². The van der Waals surface area contributed by atoms with Gasteiger partial charge in [-0.25, -0.2) is 5.06 Å². The Bertz CT molecular complexity index is 365. The molecule has 0 amide bonds. The minimum Gasteiger partial charge on any atom is -0.288 e. The lowest BCUT2D eigenvalue weighted by atomic mass is 9.99. The molecule has 1 aliphatic rings. The minimum absolute atomic E-state index is 0.136. The Labute approximate surface area is 91.0 Å². The molecular formula is C10H11F3N2O. The lowest BCUT2D eigenvalue weighted by Crippen LogP contribution is -2.40. The second-order valence-electron chi connectivity index (χ2n) is 3.43. The third-order valence-corrected chi connectivity index (χ3v) is 2.30. The van der Waals surface area contributed by atoms with Crippen LogP contribution in [0.15, 0.2) is 23.4 Å². The first-order valence-electron chi connectivity index (χ1n) is 4.79. The highest BCUT2D eigenvalue weighted by Crippen LogP contribution is 2.34. The van der Waals surface area contributed by atoms with Crippen LogP contribution >= 0.6 is 0 Å². The maximum Gasteiger partial charge on any atom is 0.433 e. The van der Waals surface area contributed by atoms with Gasteiger partial charge in [-0.3, -0.25) is 5.21 Å². The van der Waals surface area contributed by atoms with Gasteiger partial charge in [0, 0.05) is 0 Å². The summed E-state index contributed by atoms with van der Waals surface area (Å²) in [5.74, 6) is 0. The summed E-state index contributed by atoms with van der Waals surface area (Å²) in [4.78, 5) is 0. The summed E-state index contributed by atoms with van der Waals surface area (Å²) < 4.78 is 37.4. The average Bonchev–Trinajstić information content (AvgIpc) is 2.19. The molecule has 0 saturated heterocycles. The lowest BCUT2D eigenvalue weighted by Gasteiger charge is -2.32. The van der Waals surface area contributed by atoms with E-state index in [0.717, 1.165) is 6.08 Å². The number of nitriles is 1. The molecule has 0 fully saturated rings. The van der Waals surface area contributed by atoms with Crippen LogP contribution in [0.5, 0.6) is 0 Å². The number of alkyl halides is 3. The van der Waals surface area contributed by atoms with Crippen LogP contribution in [0.1, 0.15) is 19.8 Å². The Hall–Kier alpha value is -1.48. The highest BCUT2D eigenvalue weighted by molar-refractivity contribution is 5.37. The zero-order valence-corrected chi connectivity index (χ0v) is 8.62. The maximum atomic E-state index is 12.5. The van der Waals surface area contributed by atoms with Crippen molar-refractivity contribution < 1.29 is 18.4 Å². The standard InChI is InChI=1S/C10H11F3N2O/c1-2-3-8-7(6-14)4-5-9(15(8)16)10(11,12)13/h4-5,8,16H,2-3H2,1H3. The molecule has 0 spiro atoms. The van der Waals surface area contributed by atoms with Crippen molar-refractivity contribution in [1.29, 1.82) is 5.26 Å². The maximum absolute atomic E-state index is 12.5. The van der Waals surface area contributed by atoms with Crippen molar-refractivity contribution in [2.75, 3.05) is 0 Å². The Morgan fingerprint density at radius 1 is 1.50 bits per heavy atom. The number of hydrogen-bond donors (Lipinski definition) is 1. The molecule has 0 radical (unpaired) electrons. The molecule has 1 rings (SSSR count). The second kappa shape index (κ2) is 4.58. The normalized spacial score (nSPS) is 21.2. The fraction of sp³-hybridized carbons (Fsp3) is 0.500. The van der Waals surface area contributed by atoms with Crippen molar-refractivity contribution in [2.24, 2.45) is 0 Å². The summed E-state index contributed by atoms with van der Waals surface area (Å²) >= 11 is 0. The molecule has 16 heavy (non-hydrogen) atoms. The van der Waals surface area contributed by atoms with Crippen LogP contribution in [0.2, 0.25) is 0 Å². The third-order valence-electron chi connectivity index (χ3n) is 2.30. The predicted molar refractivity (Wildman–Crippen MR) is 50.2 cm³/mol. The fourth-order valence-corrected chi connectivity index (χ4v) is 1.54. The van der Waals surface area contributed by atoms with Crippen molar-refractivity contribution in [2.45, 2.75) is 32.0 Å². The highest BCUT2D eigenvalue weighted by Gasteiger charge is 2.41. The summed E-state index contributed by atoms with van der Waals surface area (Å²) in [7, 11) is 0. The first-order chi connectivity index (χ1) is 7.41. The Morgan fingerprint density at radius 2 is 2.12 bits per heavy atom. The van der Waals surface area contributed by atoms with Gasteiger partial charge in [0.25, 0.3) is 0 Å². The van der Waals surface area contributed by atoms with E-state index < -0.39 is 17.9 Å². The zero-order valence-electron chi connectivity index (χ0n) is 8.62. The van der Waals surface area contributed by atoms with E-state index in [1.54, 1.807) is 13.0 Å². The summed E-state index contributed by atoms with van der Waals surface area (Å²) in [5, 5.41) is 18.3. The van der Waals surface area contributed by atoms with Crippen molar-refractivity contribution in [3.05, 3.63) is 23.4 Å². The summed E-state index contributed by atoms with van der Waals surface area (Å²) in [6, 6.07) is 0.883. The van der Waals surface area contributed by atoms with E-state index in [4.69, 9.17) is 5.26 Å². The van der Waals surface area contributed by atoms with Crippen LogP contribution in [-0.2, 0) is 0 Å². The summed E-state index contributed by atoms with van der Waals surface area (Å²) in [5.41, 5.74) is -0.998. The molecule has 1 atom stereocenters. The quantitative estimate of drug-likeness (QED) is 0.796. The smallest absolute Gasteiger partial charge is 0.288 e. The van der Waals surface area contributed by atoms with E-state index in [-0.39, 0.29) is 10.6 Å². The largest absolute Gasteiger partial charge is 0.433 e. The molecular weight excluding hydrogens is 221 g/mol. The number of hydroxylamine groups is 2. The van der Waals surface area contributed by atoms with Crippen LogP contribution < -0.4 is 0 Å². The van der Waals surface area contributed by atoms with Gasteiger partial charge in [0.2, 0.25) is 0 Å². The molecule has 6 heteroatoms. The first-order valence-corrected chi connectivity index (χ1v) is 4.79. The molecule has 0 bridgehead atoms. The van der Waals surface area contributed by atoms with Crippen molar-refractivity contribution in [3.8, 4) is 6.07 Å². The van der Waals surface area contributed by atoms with Gasteiger partial charge in [0.1, 0.15) is 5.70 Å². The number of hydrogen-bond acceptors (Lipinski definition) is 3. The van der Waals surface area contributed by atoms with Crippen molar-refractivity contribution in [3.63, 3.8) is 0 Å². The van der Waals surface area contributed by atoms with Gasteiger partial charge < -0.3 is 0 Å². The molecule has 0 aromatic heterocycles. The fourth-order valence-electron chi connectivity index (χ4n) is 1.54. The minimum atomic E-state index is -4.61. The van der Waals surface area contributed by atoms with Crippen LogP contribution in [0, 0.1) is 11.3 Å². The Morgan fingerprint density at radius 3 is 2.56 bits per heavy atom. The van der Waals surface area contributed by atoms with Gasteiger partial charge in [-0.15, -0.1) is 0 Å². The molecule has 1 unspecified atom stereocenters. The van der Waals surface area contributed by atoms with Gasteiger partial charge in [0.05, 0.1) is 17.7 Å². The van der Waals surface area contributed by atoms with Crippen LogP contribution in [0.4, 0.5) is 13.2 Å². The average molecular weight is 232 g/mol. The molecule has 88 valence electrons. The van der Waals surface area contributed by atoms with Crippen LogP contribution in [0.3, 0.4) is 0 Å². The van der Waals surface area contributed by atoms with E-state index >= 15 is 0 Å². The topological polar surface area (TPSA) is 47.3 Å². The zero-order chi connectivity index (χ0) is 12.3. The van der Waals surface area contributed by atoms with E-state index in [2.05, 4.69) is 0 Å². The van der Waals surface area contributed by atoms with E-state index in [1.807, 2.05) is 0 Å². The summed E-state index contributed by atoms with van der Waals surface area (Å²) in [6.07, 6.45) is -1.92. The van der Waals surface area contributed by atoms with Gasteiger partial charge >= 0.3 is 6.18 Å². The number of nitrogens with zero attached hydrogens (tertiary/aromatic N) is 2. The van der Waals surface area contributed by atoms with Gasteiger partial charge in [-0.05, 0) is 18.6 Å². The van der Waals surface area contributed by atoms with Crippen molar-refractivity contribution in [1.82, 2.24) is 5.06 Å². The van der Waals surface area contributed by atoms with Gasteiger partial charge in [-0.1, -0.05) is 13.3 Å².